The molecule has 0 aliphatic heterocycles. The highest BCUT2D eigenvalue weighted by Crippen LogP contribution is 2.26. The number of benzene rings is 2. The molecule has 30 heavy (non-hydrogen) atoms. The fourth-order valence-electron chi connectivity index (χ4n) is 2.56. The lowest BCUT2D eigenvalue weighted by atomic mass is 10.3. The predicted molar refractivity (Wildman–Crippen MR) is 105 cm³/mol. The number of hydrogen-bond acceptors (Lipinski definition) is 6. The van der Waals surface area contributed by atoms with E-state index in [-0.39, 0.29) is 11.4 Å². The molecule has 0 aliphatic carbocycles. The van der Waals surface area contributed by atoms with Gasteiger partial charge in [0.2, 0.25) is 5.91 Å². The molecule has 0 radical (unpaired) electrons. The molecule has 3 rings (SSSR count). The fraction of sp³-hybridized carbons (Fsp3) is 0.211. The number of amides is 1. The maximum atomic E-state index is 12.3. The van der Waals surface area contributed by atoms with Crippen molar-refractivity contribution in [2.45, 2.75) is 18.4 Å². The zero-order chi connectivity index (χ0) is 21.7. The highest BCUT2D eigenvalue weighted by molar-refractivity contribution is 7.99. The van der Waals surface area contributed by atoms with Gasteiger partial charge in [0.15, 0.2) is 5.16 Å². The number of thioether (sulfide) groups is 1. The number of carbonyl (C=O) groups is 1. The van der Waals surface area contributed by atoms with Gasteiger partial charge in [-0.15, -0.1) is 23.4 Å². The maximum Gasteiger partial charge on any atom is 0.573 e. The molecule has 1 heterocycles. The molecule has 3 aromatic rings. The highest BCUT2D eigenvalue weighted by Gasteiger charge is 2.31. The van der Waals surface area contributed by atoms with Gasteiger partial charge in [-0.1, -0.05) is 17.8 Å². The molecular formula is C19H17F3N4O3S. The van der Waals surface area contributed by atoms with E-state index in [0.29, 0.717) is 16.7 Å². The van der Waals surface area contributed by atoms with E-state index >= 15 is 0 Å². The van der Waals surface area contributed by atoms with Crippen molar-refractivity contribution in [3.63, 3.8) is 0 Å². The summed E-state index contributed by atoms with van der Waals surface area (Å²) in [7, 11) is 1.57. The number of rotatable bonds is 7. The van der Waals surface area contributed by atoms with Gasteiger partial charge >= 0.3 is 6.36 Å². The van der Waals surface area contributed by atoms with E-state index in [1.807, 2.05) is 12.1 Å². The SMILES string of the molecule is COc1ccc(-n2c(C)nnc2SCC(=O)Nc2cccc(OC(F)(F)F)c2)cc1. The van der Waals surface area contributed by atoms with Gasteiger partial charge in [0, 0.05) is 17.4 Å². The van der Waals surface area contributed by atoms with Crippen LogP contribution in [-0.4, -0.2) is 39.9 Å². The van der Waals surface area contributed by atoms with Crippen molar-refractivity contribution in [1.29, 1.82) is 0 Å². The quantitative estimate of drug-likeness (QED) is 0.557. The number of nitrogens with one attached hydrogen (secondary N) is 1. The Morgan fingerprint density at radius 3 is 2.53 bits per heavy atom. The number of carbonyl (C=O) groups excluding carboxylic acids is 1. The molecule has 0 saturated heterocycles. The summed E-state index contributed by atoms with van der Waals surface area (Å²) in [6.45, 7) is 1.79. The maximum absolute atomic E-state index is 12.3. The van der Waals surface area contributed by atoms with Gasteiger partial charge in [0.25, 0.3) is 0 Å². The van der Waals surface area contributed by atoms with E-state index in [9.17, 15) is 18.0 Å². The van der Waals surface area contributed by atoms with Crippen LogP contribution in [0.15, 0.2) is 53.7 Å². The zero-order valence-electron chi connectivity index (χ0n) is 15.9. The topological polar surface area (TPSA) is 78.3 Å². The number of anilines is 1. The van der Waals surface area contributed by atoms with Gasteiger partial charge in [-0.25, -0.2) is 0 Å². The van der Waals surface area contributed by atoms with Crippen molar-refractivity contribution < 1.29 is 27.4 Å². The minimum Gasteiger partial charge on any atom is -0.497 e. The standard InChI is InChI=1S/C19H17F3N4O3S/c1-12-24-25-18(26(12)14-6-8-15(28-2)9-7-14)30-11-17(27)23-13-4-3-5-16(10-13)29-19(20,21)22/h3-10H,11H2,1-2H3,(H,23,27). The molecule has 1 N–H and O–H groups in total. The van der Waals surface area contributed by atoms with Crippen LogP contribution in [0.5, 0.6) is 11.5 Å². The van der Waals surface area contributed by atoms with Crippen LogP contribution in [-0.2, 0) is 4.79 Å². The second-order valence-corrected chi connectivity index (χ2v) is 6.92. The number of aromatic nitrogens is 3. The van der Waals surface area contributed by atoms with Crippen LogP contribution in [0.1, 0.15) is 5.82 Å². The third-order valence-corrected chi connectivity index (χ3v) is 4.74. The summed E-state index contributed by atoms with van der Waals surface area (Å²) in [6, 6.07) is 12.3. The van der Waals surface area contributed by atoms with E-state index in [0.717, 1.165) is 29.6 Å². The molecular weight excluding hydrogens is 421 g/mol. The number of nitrogens with zero attached hydrogens (tertiary/aromatic N) is 3. The van der Waals surface area contributed by atoms with Crippen LogP contribution in [0.25, 0.3) is 5.69 Å². The molecule has 0 unspecified atom stereocenters. The molecule has 0 atom stereocenters. The smallest absolute Gasteiger partial charge is 0.497 e. The van der Waals surface area contributed by atoms with Crippen LogP contribution >= 0.6 is 11.8 Å². The van der Waals surface area contributed by atoms with Gasteiger partial charge in [-0.2, -0.15) is 0 Å². The molecule has 1 amide bonds. The Hall–Kier alpha value is -3.21. The third kappa shape index (κ3) is 5.66. The minimum absolute atomic E-state index is 0.0152. The summed E-state index contributed by atoms with van der Waals surface area (Å²) in [5.74, 6) is 0.502. The summed E-state index contributed by atoms with van der Waals surface area (Å²) in [5.41, 5.74) is 0.994. The summed E-state index contributed by atoms with van der Waals surface area (Å²) < 4.78 is 47.8. The summed E-state index contributed by atoms with van der Waals surface area (Å²) in [6.07, 6.45) is -4.80. The number of methoxy groups -OCH3 is 1. The van der Waals surface area contributed by atoms with Gasteiger partial charge in [-0.3, -0.25) is 9.36 Å². The Morgan fingerprint density at radius 1 is 1.13 bits per heavy atom. The number of hydrogen-bond donors (Lipinski definition) is 1. The largest absolute Gasteiger partial charge is 0.573 e. The molecule has 11 heteroatoms. The van der Waals surface area contributed by atoms with Crippen molar-refractivity contribution in [2.75, 3.05) is 18.2 Å². The van der Waals surface area contributed by atoms with Gasteiger partial charge in [0.1, 0.15) is 17.3 Å². The first kappa shape index (κ1) is 21.5. The molecule has 1 aromatic heterocycles. The molecule has 158 valence electrons. The van der Waals surface area contributed by atoms with Gasteiger partial charge in [-0.05, 0) is 43.3 Å². The first-order chi connectivity index (χ1) is 14.2. The molecule has 0 bridgehead atoms. The van der Waals surface area contributed by atoms with Crippen LogP contribution in [0.3, 0.4) is 0 Å². The Morgan fingerprint density at radius 2 is 1.87 bits per heavy atom. The van der Waals surface area contributed by atoms with Gasteiger partial charge < -0.3 is 14.8 Å². The van der Waals surface area contributed by atoms with Crippen LogP contribution in [0.2, 0.25) is 0 Å². The van der Waals surface area contributed by atoms with Crippen molar-refractivity contribution in [1.82, 2.24) is 14.8 Å². The highest BCUT2D eigenvalue weighted by atomic mass is 32.2. The van der Waals surface area contributed by atoms with Crippen molar-refractivity contribution >= 4 is 23.4 Å². The molecule has 7 nitrogen and oxygen atoms in total. The Balaban J connectivity index is 1.65. The number of aryl methyl sites for hydroxylation is 1. The summed E-state index contributed by atoms with van der Waals surface area (Å²) in [5, 5.41) is 11.2. The van der Waals surface area contributed by atoms with Gasteiger partial charge in [0.05, 0.1) is 12.9 Å². The lowest BCUT2D eigenvalue weighted by Crippen LogP contribution is -2.18. The zero-order valence-corrected chi connectivity index (χ0v) is 16.8. The van der Waals surface area contributed by atoms with Crippen LogP contribution < -0.4 is 14.8 Å². The average molecular weight is 438 g/mol. The third-order valence-electron chi connectivity index (χ3n) is 3.81. The second kappa shape index (κ2) is 9.08. The van der Waals surface area contributed by atoms with Crippen molar-refractivity contribution in [2.24, 2.45) is 0 Å². The van der Waals surface area contributed by atoms with Crippen molar-refractivity contribution in [3.05, 3.63) is 54.4 Å². The normalized spacial score (nSPS) is 11.2. The molecule has 0 fully saturated rings. The first-order valence-corrected chi connectivity index (χ1v) is 9.58. The van der Waals surface area contributed by atoms with E-state index in [1.54, 1.807) is 30.7 Å². The van der Waals surface area contributed by atoms with E-state index in [1.165, 1.54) is 12.1 Å². The lowest BCUT2D eigenvalue weighted by Gasteiger charge is -2.11. The Kier molecular flexibility index (Phi) is 6.50. The molecule has 0 spiro atoms. The lowest BCUT2D eigenvalue weighted by molar-refractivity contribution is -0.274. The number of ether oxygens (including phenoxy) is 2. The number of alkyl halides is 3. The van der Waals surface area contributed by atoms with E-state index in [2.05, 4.69) is 20.3 Å². The molecule has 0 aliphatic rings. The average Bonchev–Trinajstić information content (AvgIpc) is 3.06. The summed E-state index contributed by atoms with van der Waals surface area (Å²) in [4.78, 5) is 12.3. The first-order valence-electron chi connectivity index (χ1n) is 8.60. The minimum atomic E-state index is -4.80. The Labute approximate surface area is 174 Å². The van der Waals surface area contributed by atoms with E-state index in [4.69, 9.17) is 4.74 Å². The van der Waals surface area contributed by atoms with Crippen molar-refractivity contribution in [3.8, 4) is 17.2 Å². The number of halogens is 3. The predicted octanol–water partition coefficient (Wildman–Crippen LogP) is 4.21. The van der Waals surface area contributed by atoms with Crippen LogP contribution in [0.4, 0.5) is 18.9 Å². The monoisotopic (exact) mass is 438 g/mol. The molecule has 0 saturated carbocycles. The molecule has 2 aromatic carbocycles. The summed E-state index contributed by atoms with van der Waals surface area (Å²) >= 11 is 1.15. The Bertz CT molecular complexity index is 1020. The van der Waals surface area contributed by atoms with E-state index < -0.39 is 18.0 Å². The van der Waals surface area contributed by atoms with Crippen LogP contribution in [0, 0.1) is 6.92 Å². The second-order valence-electron chi connectivity index (χ2n) is 5.98. The fourth-order valence-corrected chi connectivity index (χ4v) is 3.36.